The SMILES string of the molecule is C#Cc1nc2ccc(-c3c(-c4ccc(Oc5nccc(C)n5)c(F)c4)c4c(C)ncnc4n3CCc3ccnc(Oc4ccc(-c5c(-c6cnc(C#C)c(C)c6C)n(C)c6ncnc(N)c56)cc4F)n3)cc2[nH]1. The summed E-state index contributed by atoms with van der Waals surface area (Å²) in [5.41, 5.74) is 18.5. The third-order valence-electron chi connectivity index (χ3n) is 12.9. The van der Waals surface area contributed by atoms with Crippen LogP contribution in [-0.2, 0) is 20.0 Å². The fraction of sp³-hybridized carbons (Fsp3) is 0.127. The Kier molecular flexibility index (Phi) is 11.3. The summed E-state index contributed by atoms with van der Waals surface area (Å²) in [7, 11) is 1.86. The summed E-state index contributed by atoms with van der Waals surface area (Å²) >= 11 is 0. The molecule has 0 aliphatic heterocycles. The standard InChI is InChI=1S/C55H40F2N14O2/c1-8-39-30(5)29(4)36(25-61-39)50-47(48-51(58)63-27-64-52(48)70(50)7)33-12-15-43(38(57)23-33)73-55-60-20-17-35(67-55)18-21-71-49(34-10-13-40-41(24-34)69-44(9-2)68-40)46(45-31(6)62-26-65-53(45)71)32-11-14-42(37(56)22-32)72-54-59-19-16-28(3)66-54/h1-2,10-17,19-20,22-27H,18,21H2,3-7H3,(H,68,69)(H2,58,63,64). The van der Waals surface area contributed by atoms with E-state index in [4.69, 9.17) is 38.0 Å². The van der Waals surface area contributed by atoms with E-state index in [2.05, 4.69) is 56.7 Å². The number of benzene rings is 3. The number of aryl methyl sites for hydroxylation is 5. The van der Waals surface area contributed by atoms with Crippen LogP contribution < -0.4 is 15.2 Å². The van der Waals surface area contributed by atoms with E-state index in [1.807, 2.05) is 55.2 Å². The lowest BCUT2D eigenvalue weighted by atomic mass is 9.95. The predicted octanol–water partition coefficient (Wildman–Crippen LogP) is 10.1. The Hall–Kier alpha value is -9.94. The van der Waals surface area contributed by atoms with Crippen LogP contribution in [0.3, 0.4) is 0 Å². The van der Waals surface area contributed by atoms with Gasteiger partial charge in [0, 0.05) is 77.6 Å². The molecule has 0 radical (unpaired) electrons. The van der Waals surface area contributed by atoms with Crippen molar-refractivity contribution < 1.29 is 18.3 Å². The third kappa shape index (κ3) is 8.02. The number of hydrogen-bond acceptors (Lipinski definition) is 13. The summed E-state index contributed by atoms with van der Waals surface area (Å²) < 4.78 is 48.4. The molecular formula is C55H40F2N14O2. The van der Waals surface area contributed by atoms with Gasteiger partial charge in [0.2, 0.25) is 0 Å². The number of nitrogen functional groups attached to an aromatic ring is 1. The average Bonchev–Trinajstić information content (AvgIpc) is 4.06. The zero-order valence-electron chi connectivity index (χ0n) is 39.8. The van der Waals surface area contributed by atoms with E-state index in [-0.39, 0.29) is 29.3 Å². The fourth-order valence-electron chi connectivity index (χ4n) is 9.24. The molecule has 11 rings (SSSR count). The Balaban J connectivity index is 0.946. The van der Waals surface area contributed by atoms with Crippen LogP contribution >= 0.6 is 0 Å². The lowest BCUT2D eigenvalue weighted by molar-refractivity contribution is 0.409. The number of imidazole rings is 1. The maximum Gasteiger partial charge on any atom is 0.322 e. The van der Waals surface area contributed by atoms with E-state index in [1.165, 1.54) is 30.9 Å². The first-order valence-electron chi connectivity index (χ1n) is 22.8. The molecule has 0 saturated heterocycles. The van der Waals surface area contributed by atoms with Crippen molar-refractivity contribution in [3.8, 4) is 93.0 Å². The molecule has 0 saturated carbocycles. The number of anilines is 1. The molecule has 0 spiro atoms. The Morgan fingerprint density at radius 2 is 1.34 bits per heavy atom. The van der Waals surface area contributed by atoms with Crippen LogP contribution in [0.2, 0.25) is 0 Å². The maximum atomic E-state index is 16.4. The summed E-state index contributed by atoms with van der Waals surface area (Å²) in [5, 5.41) is 1.26. The highest BCUT2D eigenvalue weighted by Crippen LogP contribution is 2.45. The van der Waals surface area contributed by atoms with Gasteiger partial charge in [0.25, 0.3) is 0 Å². The Morgan fingerprint density at radius 1 is 0.671 bits per heavy atom. The zero-order chi connectivity index (χ0) is 50.7. The summed E-state index contributed by atoms with van der Waals surface area (Å²) in [6.07, 6.45) is 19.5. The summed E-state index contributed by atoms with van der Waals surface area (Å²) in [5.74, 6) is 4.37. The molecule has 73 heavy (non-hydrogen) atoms. The second-order valence-electron chi connectivity index (χ2n) is 17.2. The highest BCUT2D eigenvalue weighted by atomic mass is 19.1. The van der Waals surface area contributed by atoms with E-state index in [1.54, 1.807) is 55.8 Å². The molecule has 0 unspecified atom stereocenters. The minimum absolute atomic E-state index is 0.0223. The van der Waals surface area contributed by atoms with Crippen molar-refractivity contribution in [2.75, 3.05) is 5.73 Å². The number of terminal acetylenes is 2. The number of nitrogens with two attached hydrogens (primary N) is 1. The quantitative estimate of drug-likeness (QED) is 0.116. The van der Waals surface area contributed by atoms with Crippen molar-refractivity contribution in [1.82, 2.24) is 64.0 Å². The summed E-state index contributed by atoms with van der Waals surface area (Å²) in [4.78, 5) is 47.9. The molecule has 0 aliphatic carbocycles. The Bertz CT molecular complexity index is 4150. The summed E-state index contributed by atoms with van der Waals surface area (Å²) in [6, 6.07) is 18.5. The molecule has 3 aromatic carbocycles. The number of aromatic amines is 1. The van der Waals surface area contributed by atoms with Crippen molar-refractivity contribution in [3.05, 3.63) is 149 Å². The van der Waals surface area contributed by atoms with Gasteiger partial charge < -0.3 is 29.3 Å². The first-order chi connectivity index (χ1) is 35.4. The van der Waals surface area contributed by atoms with Crippen molar-refractivity contribution >= 4 is 38.9 Å². The second kappa shape index (κ2) is 18.1. The predicted molar refractivity (Wildman–Crippen MR) is 272 cm³/mol. The van der Waals surface area contributed by atoms with Gasteiger partial charge in [-0.3, -0.25) is 0 Å². The Labute approximate surface area is 415 Å². The van der Waals surface area contributed by atoms with Gasteiger partial charge >= 0.3 is 12.0 Å². The molecule has 8 aromatic heterocycles. The number of nitrogens with zero attached hydrogens (tertiary/aromatic N) is 12. The van der Waals surface area contributed by atoms with Crippen LogP contribution in [-0.4, -0.2) is 64.0 Å². The topological polar surface area (TPSA) is 199 Å². The fourth-order valence-corrected chi connectivity index (χ4v) is 9.24. The number of nitrogens with one attached hydrogen (secondary N) is 1. The smallest absolute Gasteiger partial charge is 0.322 e. The minimum Gasteiger partial charge on any atom is -0.421 e. The summed E-state index contributed by atoms with van der Waals surface area (Å²) in [6.45, 7) is 7.87. The number of fused-ring (bicyclic) bond motifs is 3. The van der Waals surface area contributed by atoms with Crippen LogP contribution in [0.25, 0.3) is 77.9 Å². The molecule has 0 amide bonds. The van der Waals surface area contributed by atoms with Crippen molar-refractivity contribution in [2.24, 2.45) is 7.05 Å². The van der Waals surface area contributed by atoms with Crippen molar-refractivity contribution in [3.63, 3.8) is 0 Å². The average molecular weight is 967 g/mol. The van der Waals surface area contributed by atoms with Gasteiger partial charge in [0.05, 0.1) is 33.5 Å². The van der Waals surface area contributed by atoms with Crippen LogP contribution in [0.15, 0.2) is 98.0 Å². The number of aromatic nitrogens is 13. The Morgan fingerprint density at radius 3 is 2.04 bits per heavy atom. The van der Waals surface area contributed by atoms with Crippen molar-refractivity contribution in [2.45, 2.75) is 40.7 Å². The number of pyridine rings is 1. The number of rotatable bonds is 11. The molecule has 0 aliphatic rings. The first-order valence-corrected chi connectivity index (χ1v) is 22.8. The highest BCUT2D eigenvalue weighted by Gasteiger charge is 2.27. The lowest BCUT2D eigenvalue weighted by Gasteiger charge is -2.14. The number of halogens is 2. The van der Waals surface area contributed by atoms with Gasteiger partial charge in [-0.05, 0) is 110 Å². The normalized spacial score (nSPS) is 11.4. The molecule has 3 N–H and O–H groups in total. The van der Waals surface area contributed by atoms with Crippen LogP contribution in [0.5, 0.6) is 23.5 Å². The van der Waals surface area contributed by atoms with Gasteiger partial charge in [-0.25, -0.2) is 53.6 Å². The van der Waals surface area contributed by atoms with Gasteiger partial charge in [-0.15, -0.1) is 12.8 Å². The van der Waals surface area contributed by atoms with E-state index in [0.717, 1.165) is 22.3 Å². The zero-order valence-corrected chi connectivity index (χ0v) is 39.8. The van der Waals surface area contributed by atoms with Gasteiger partial charge in [-0.2, -0.15) is 4.98 Å². The maximum absolute atomic E-state index is 16.4. The number of H-pyrrole nitrogens is 1. The van der Waals surface area contributed by atoms with Crippen LogP contribution in [0, 0.1) is 64.0 Å². The third-order valence-corrected chi connectivity index (χ3v) is 12.9. The van der Waals surface area contributed by atoms with Gasteiger partial charge in [0.1, 0.15) is 35.5 Å². The van der Waals surface area contributed by atoms with Crippen molar-refractivity contribution in [1.29, 1.82) is 0 Å². The van der Waals surface area contributed by atoms with Gasteiger partial charge in [0.15, 0.2) is 29.0 Å². The molecule has 0 atom stereocenters. The molecule has 0 fully saturated rings. The molecule has 8 heterocycles. The molecule has 356 valence electrons. The molecule has 16 nitrogen and oxygen atoms in total. The first kappa shape index (κ1) is 45.5. The molecular weight excluding hydrogens is 927 g/mol. The highest BCUT2D eigenvalue weighted by molar-refractivity contribution is 6.08. The van der Waals surface area contributed by atoms with E-state index in [9.17, 15) is 0 Å². The minimum atomic E-state index is -0.673. The van der Waals surface area contributed by atoms with Gasteiger partial charge in [-0.1, -0.05) is 18.2 Å². The largest absolute Gasteiger partial charge is 0.421 e. The molecule has 11 aromatic rings. The van der Waals surface area contributed by atoms with E-state index < -0.39 is 11.6 Å². The second-order valence-corrected chi connectivity index (χ2v) is 17.2. The monoisotopic (exact) mass is 966 g/mol. The number of ether oxygens (including phenoxy) is 2. The van der Waals surface area contributed by atoms with E-state index >= 15 is 8.78 Å². The van der Waals surface area contributed by atoms with Crippen LogP contribution in [0.1, 0.15) is 39.7 Å². The van der Waals surface area contributed by atoms with Crippen LogP contribution in [0.4, 0.5) is 14.6 Å². The van der Waals surface area contributed by atoms with E-state index in [0.29, 0.717) is 108 Å². The molecule has 0 bridgehead atoms. The number of hydrogen-bond donors (Lipinski definition) is 2. The lowest BCUT2D eigenvalue weighted by Crippen LogP contribution is -2.07. The molecule has 18 heteroatoms.